The third kappa shape index (κ3) is 2.15. The zero-order chi connectivity index (χ0) is 11.5. The molecule has 0 aliphatic heterocycles. The highest BCUT2D eigenvalue weighted by Gasteiger charge is 2.18. The molecule has 86 valence electrons. The Bertz CT molecular complexity index is 402. The highest BCUT2D eigenvalue weighted by molar-refractivity contribution is 5.94. The van der Waals surface area contributed by atoms with E-state index in [9.17, 15) is 9.18 Å². The van der Waals surface area contributed by atoms with Crippen molar-refractivity contribution in [3.63, 3.8) is 0 Å². The molecular formula is C12H15FN2O. The number of benzene rings is 1. The van der Waals surface area contributed by atoms with Crippen LogP contribution in [-0.2, 0) is 0 Å². The van der Waals surface area contributed by atoms with E-state index in [2.05, 4.69) is 10.6 Å². The van der Waals surface area contributed by atoms with Crippen molar-refractivity contribution in [2.45, 2.75) is 25.3 Å². The number of carbonyl (C=O) groups is 1. The first-order chi connectivity index (χ1) is 7.70. The van der Waals surface area contributed by atoms with Crippen molar-refractivity contribution >= 4 is 11.6 Å². The van der Waals surface area contributed by atoms with Gasteiger partial charge in [-0.25, -0.2) is 4.39 Å². The lowest BCUT2D eigenvalue weighted by molar-refractivity contribution is 0.0962. The molecule has 1 saturated carbocycles. The quantitative estimate of drug-likeness (QED) is 0.822. The first-order valence-corrected chi connectivity index (χ1v) is 5.49. The van der Waals surface area contributed by atoms with E-state index in [1.54, 1.807) is 12.1 Å². The number of rotatable bonds is 3. The summed E-state index contributed by atoms with van der Waals surface area (Å²) in [5.41, 5.74) is 0.830. The Balaban J connectivity index is 2.12. The van der Waals surface area contributed by atoms with Crippen LogP contribution >= 0.6 is 0 Å². The minimum absolute atomic E-state index is 0.269. The van der Waals surface area contributed by atoms with Crippen LogP contribution in [-0.4, -0.2) is 19.0 Å². The van der Waals surface area contributed by atoms with E-state index in [0.717, 1.165) is 12.8 Å². The molecule has 0 unspecified atom stereocenters. The van der Waals surface area contributed by atoms with Crippen LogP contribution in [0.4, 0.5) is 10.1 Å². The summed E-state index contributed by atoms with van der Waals surface area (Å²) in [5, 5.41) is 5.59. The summed E-state index contributed by atoms with van der Waals surface area (Å²) in [6.45, 7) is 0. The summed E-state index contributed by atoms with van der Waals surface area (Å²) in [6, 6.07) is 4.90. The Morgan fingerprint density at radius 1 is 1.44 bits per heavy atom. The van der Waals surface area contributed by atoms with Gasteiger partial charge in [0.05, 0.1) is 5.69 Å². The molecular weight excluding hydrogens is 207 g/mol. The van der Waals surface area contributed by atoms with E-state index in [1.165, 1.54) is 19.5 Å². The predicted molar refractivity (Wildman–Crippen MR) is 61.1 cm³/mol. The van der Waals surface area contributed by atoms with E-state index in [4.69, 9.17) is 0 Å². The van der Waals surface area contributed by atoms with Gasteiger partial charge in [0, 0.05) is 18.7 Å². The van der Waals surface area contributed by atoms with Crippen LogP contribution in [0.1, 0.15) is 29.6 Å². The number of carbonyl (C=O) groups excluding carboxylic acids is 1. The maximum atomic E-state index is 13.6. The fourth-order valence-electron chi connectivity index (χ4n) is 1.69. The minimum atomic E-state index is -0.368. The molecule has 0 atom stereocenters. The van der Waals surface area contributed by atoms with Crippen LogP contribution in [0.15, 0.2) is 18.2 Å². The average molecular weight is 222 g/mol. The zero-order valence-corrected chi connectivity index (χ0v) is 9.22. The van der Waals surface area contributed by atoms with Gasteiger partial charge in [-0.1, -0.05) is 0 Å². The molecule has 4 heteroatoms. The summed E-state index contributed by atoms with van der Waals surface area (Å²) in [6.07, 6.45) is 3.39. The topological polar surface area (TPSA) is 41.1 Å². The van der Waals surface area contributed by atoms with Crippen LogP contribution in [0.5, 0.6) is 0 Å². The normalized spacial score (nSPS) is 15.4. The monoisotopic (exact) mass is 222 g/mol. The van der Waals surface area contributed by atoms with Crippen molar-refractivity contribution in [3.8, 4) is 0 Å². The summed E-state index contributed by atoms with van der Waals surface area (Å²) in [5.74, 6) is -0.637. The van der Waals surface area contributed by atoms with E-state index in [1.807, 2.05) is 0 Å². The number of halogens is 1. The molecule has 1 aliphatic rings. The second kappa shape index (κ2) is 4.51. The molecule has 0 radical (unpaired) electrons. The number of nitrogens with one attached hydrogen (secondary N) is 2. The molecule has 1 aliphatic carbocycles. The molecule has 0 bridgehead atoms. The third-order valence-electron chi connectivity index (χ3n) is 2.92. The number of amides is 1. The molecule has 3 nitrogen and oxygen atoms in total. The van der Waals surface area contributed by atoms with E-state index >= 15 is 0 Å². The molecule has 1 fully saturated rings. The van der Waals surface area contributed by atoms with Gasteiger partial charge in [-0.05, 0) is 37.5 Å². The SMILES string of the molecule is CNC(=O)c1ccc(NC2CCC2)c(F)c1. The van der Waals surface area contributed by atoms with E-state index < -0.39 is 0 Å². The van der Waals surface area contributed by atoms with Gasteiger partial charge in [0.15, 0.2) is 0 Å². The fourth-order valence-corrected chi connectivity index (χ4v) is 1.69. The second-order valence-corrected chi connectivity index (χ2v) is 4.05. The Labute approximate surface area is 94.0 Å². The van der Waals surface area contributed by atoms with Gasteiger partial charge in [0.2, 0.25) is 0 Å². The number of hydrogen-bond acceptors (Lipinski definition) is 2. The minimum Gasteiger partial charge on any atom is -0.380 e. The molecule has 1 aromatic carbocycles. The second-order valence-electron chi connectivity index (χ2n) is 4.05. The Morgan fingerprint density at radius 3 is 2.69 bits per heavy atom. The first kappa shape index (κ1) is 10.9. The summed E-state index contributed by atoms with van der Waals surface area (Å²) < 4.78 is 13.6. The number of anilines is 1. The van der Waals surface area contributed by atoms with Gasteiger partial charge >= 0.3 is 0 Å². The van der Waals surface area contributed by atoms with Crippen molar-refractivity contribution < 1.29 is 9.18 Å². The number of hydrogen-bond donors (Lipinski definition) is 2. The van der Waals surface area contributed by atoms with Gasteiger partial charge in [0.1, 0.15) is 5.82 Å². The third-order valence-corrected chi connectivity index (χ3v) is 2.92. The van der Waals surface area contributed by atoms with Gasteiger partial charge in [0.25, 0.3) is 5.91 Å². The Morgan fingerprint density at radius 2 is 2.19 bits per heavy atom. The highest BCUT2D eigenvalue weighted by atomic mass is 19.1. The lowest BCUT2D eigenvalue weighted by atomic mass is 9.93. The molecule has 1 amide bonds. The van der Waals surface area contributed by atoms with Crippen LogP contribution in [0, 0.1) is 5.82 Å². The van der Waals surface area contributed by atoms with Crippen molar-refractivity contribution in [3.05, 3.63) is 29.6 Å². The van der Waals surface area contributed by atoms with Crippen molar-refractivity contribution in [1.82, 2.24) is 5.32 Å². The highest BCUT2D eigenvalue weighted by Crippen LogP contribution is 2.25. The maximum Gasteiger partial charge on any atom is 0.251 e. The molecule has 0 heterocycles. The molecule has 0 spiro atoms. The molecule has 2 N–H and O–H groups in total. The van der Waals surface area contributed by atoms with E-state index in [-0.39, 0.29) is 11.7 Å². The lowest BCUT2D eigenvalue weighted by Crippen LogP contribution is -2.27. The summed E-state index contributed by atoms with van der Waals surface area (Å²) in [7, 11) is 1.53. The summed E-state index contributed by atoms with van der Waals surface area (Å²) in [4.78, 5) is 11.3. The molecule has 16 heavy (non-hydrogen) atoms. The van der Waals surface area contributed by atoms with E-state index in [0.29, 0.717) is 17.3 Å². The molecule has 0 aromatic heterocycles. The van der Waals surface area contributed by atoms with Crippen LogP contribution in [0.3, 0.4) is 0 Å². The van der Waals surface area contributed by atoms with Crippen molar-refractivity contribution in [1.29, 1.82) is 0 Å². The Hall–Kier alpha value is -1.58. The van der Waals surface area contributed by atoms with Crippen LogP contribution < -0.4 is 10.6 Å². The lowest BCUT2D eigenvalue weighted by Gasteiger charge is -2.27. The maximum absolute atomic E-state index is 13.6. The zero-order valence-electron chi connectivity index (χ0n) is 9.22. The smallest absolute Gasteiger partial charge is 0.251 e. The van der Waals surface area contributed by atoms with Gasteiger partial charge in [-0.15, -0.1) is 0 Å². The van der Waals surface area contributed by atoms with Crippen LogP contribution in [0.25, 0.3) is 0 Å². The largest absolute Gasteiger partial charge is 0.380 e. The van der Waals surface area contributed by atoms with Gasteiger partial charge < -0.3 is 10.6 Å². The van der Waals surface area contributed by atoms with Crippen molar-refractivity contribution in [2.24, 2.45) is 0 Å². The molecule has 0 saturated heterocycles. The van der Waals surface area contributed by atoms with Gasteiger partial charge in [-0.2, -0.15) is 0 Å². The Kier molecular flexibility index (Phi) is 3.08. The molecule has 2 rings (SSSR count). The molecule has 1 aromatic rings. The predicted octanol–water partition coefficient (Wildman–Crippen LogP) is 2.15. The van der Waals surface area contributed by atoms with Gasteiger partial charge in [-0.3, -0.25) is 4.79 Å². The average Bonchev–Trinajstić information content (AvgIpc) is 2.23. The first-order valence-electron chi connectivity index (χ1n) is 5.49. The van der Waals surface area contributed by atoms with Crippen molar-refractivity contribution in [2.75, 3.05) is 12.4 Å². The fraction of sp³-hybridized carbons (Fsp3) is 0.417. The van der Waals surface area contributed by atoms with Crippen LogP contribution in [0.2, 0.25) is 0 Å². The standard InChI is InChI=1S/C12H15FN2O/c1-14-12(16)8-5-6-11(10(13)7-8)15-9-3-2-4-9/h5-7,9,15H,2-4H2,1H3,(H,14,16). The summed E-state index contributed by atoms with van der Waals surface area (Å²) >= 11 is 0.